The summed E-state index contributed by atoms with van der Waals surface area (Å²) in [6, 6.07) is 10.1. The van der Waals surface area contributed by atoms with Crippen molar-refractivity contribution in [3.8, 4) is 0 Å². The second-order valence-corrected chi connectivity index (χ2v) is 8.99. The molecular formula is C25H34O4. The van der Waals surface area contributed by atoms with E-state index in [1.807, 2.05) is 44.2 Å². The molecule has 1 aromatic rings. The van der Waals surface area contributed by atoms with Crippen LogP contribution in [-0.2, 0) is 25.6 Å². The van der Waals surface area contributed by atoms with Crippen LogP contribution >= 0.6 is 0 Å². The minimum absolute atomic E-state index is 0.0153. The molecule has 0 spiro atoms. The monoisotopic (exact) mass is 398 g/mol. The number of carbonyl (C=O) groups excluding carboxylic acids is 1. The van der Waals surface area contributed by atoms with Gasteiger partial charge in [-0.15, -0.1) is 0 Å². The molecule has 0 aliphatic heterocycles. The van der Waals surface area contributed by atoms with Gasteiger partial charge in [-0.25, -0.2) is 0 Å². The standard InChI is InChI=1S/C25H34O4/c1-6-28-23(26)22-18(2)12-13-20-24(3,4)15-14-21(25(20,22)5)29-17-27-16-19-10-8-7-9-11-19/h7-13,21-22H,6,14-17H2,1-5H3/t21-,22+,25-/m1/s1. The van der Waals surface area contributed by atoms with Gasteiger partial charge in [0.15, 0.2) is 0 Å². The Labute approximate surface area is 174 Å². The first-order valence-corrected chi connectivity index (χ1v) is 10.6. The molecular weight excluding hydrogens is 364 g/mol. The number of carbonyl (C=O) groups is 1. The maximum Gasteiger partial charge on any atom is 0.314 e. The third-order valence-corrected chi connectivity index (χ3v) is 6.56. The van der Waals surface area contributed by atoms with Gasteiger partial charge in [0.25, 0.3) is 0 Å². The quantitative estimate of drug-likeness (QED) is 0.349. The van der Waals surface area contributed by atoms with E-state index in [1.165, 1.54) is 5.57 Å². The highest BCUT2D eigenvalue weighted by atomic mass is 16.7. The molecule has 1 saturated carbocycles. The van der Waals surface area contributed by atoms with Crippen molar-refractivity contribution in [2.24, 2.45) is 16.7 Å². The second-order valence-electron chi connectivity index (χ2n) is 8.99. The Balaban J connectivity index is 1.79. The highest BCUT2D eigenvalue weighted by Gasteiger charge is 2.56. The first-order valence-electron chi connectivity index (χ1n) is 10.6. The van der Waals surface area contributed by atoms with Crippen LogP contribution in [0.5, 0.6) is 0 Å². The number of hydrogen-bond acceptors (Lipinski definition) is 4. The smallest absolute Gasteiger partial charge is 0.314 e. The van der Waals surface area contributed by atoms with E-state index < -0.39 is 5.41 Å². The summed E-state index contributed by atoms with van der Waals surface area (Å²) in [6.07, 6.45) is 6.08. The summed E-state index contributed by atoms with van der Waals surface area (Å²) in [5, 5.41) is 0. The van der Waals surface area contributed by atoms with Crippen LogP contribution in [0.3, 0.4) is 0 Å². The van der Waals surface area contributed by atoms with Crippen LogP contribution in [-0.4, -0.2) is 25.5 Å². The fraction of sp³-hybridized carbons (Fsp3) is 0.560. The number of allylic oxidation sites excluding steroid dienone is 2. The van der Waals surface area contributed by atoms with Crippen molar-refractivity contribution in [1.82, 2.24) is 0 Å². The fourth-order valence-electron chi connectivity index (χ4n) is 5.14. The van der Waals surface area contributed by atoms with Crippen LogP contribution in [0.25, 0.3) is 0 Å². The normalized spacial score (nSPS) is 28.2. The minimum atomic E-state index is -0.442. The van der Waals surface area contributed by atoms with Crippen molar-refractivity contribution < 1.29 is 19.0 Å². The Kier molecular flexibility index (Phi) is 6.65. The molecule has 4 heteroatoms. The summed E-state index contributed by atoms with van der Waals surface area (Å²) in [4.78, 5) is 13.0. The van der Waals surface area contributed by atoms with Crippen LogP contribution in [0.2, 0.25) is 0 Å². The molecule has 0 bridgehead atoms. The maximum absolute atomic E-state index is 13.0. The summed E-state index contributed by atoms with van der Waals surface area (Å²) >= 11 is 0. The Bertz CT molecular complexity index is 777. The van der Waals surface area contributed by atoms with Crippen molar-refractivity contribution in [3.05, 3.63) is 59.2 Å². The zero-order valence-electron chi connectivity index (χ0n) is 18.4. The summed E-state index contributed by atoms with van der Waals surface area (Å²) in [5.74, 6) is -0.494. The van der Waals surface area contributed by atoms with Crippen LogP contribution in [0.4, 0.5) is 0 Å². The topological polar surface area (TPSA) is 44.8 Å². The Morgan fingerprint density at radius 3 is 2.55 bits per heavy atom. The number of rotatable bonds is 7. The largest absolute Gasteiger partial charge is 0.466 e. The SMILES string of the molecule is CCOC(=O)[C@@H]1C(C)=CC=C2C(C)(C)CC[C@@H](OCOCc3ccccc3)[C@@]21C. The van der Waals surface area contributed by atoms with E-state index in [0.717, 1.165) is 24.0 Å². The van der Waals surface area contributed by atoms with Crippen molar-refractivity contribution in [1.29, 1.82) is 0 Å². The number of fused-ring (bicyclic) bond motifs is 1. The average Bonchev–Trinajstić information content (AvgIpc) is 2.67. The highest BCUT2D eigenvalue weighted by Crippen LogP contribution is 2.58. The van der Waals surface area contributed by atoms with Crippen molar-refractivity contribution in [3.63, 3.8) is 0 Å². The first kappa shape index (κ1) is 21.8. The van der Waals surface area contributed by atoms with Crippen LogP contribution in [0.15, 0.2) is 53.6 Å². The lowest BCUT2D eigenvalue weighted by Gasteiger charge is -2.54. The predicted octanol–water partition coefficient (Wildman–Crippen LogP) is 5.44. The van der Waals surface area contributed by atoms with E-state index in [-0.39, 0.29) is 30.2 Å². The molecule has 3 atom stereocenters. The lowest BCUT2D eigenvalue weighted by atomic mass is 9.52. The van der Waals surface area contributed by atoms with Gasteiger partial charge in [-0.05, 0) is 37.7 Å². The number of hydrogen-bond donors (Lipinski definition) is 0. The van der Waals surface area contributed by atoms with Gasteiger partial charge in [0.1, 0.15) is 6.79 Å². The van der Waals surface area contributed by atoms with Gasteiger partial charge in [0.2, 0.25) is 0 Å². The van der Waals surface area contributed by atoms with Gasteiger partial charge < -0.3 is 14.2 Å². The third-order valence-electron chi connectivity index (χ3n) is 6.56. The van der Waals surface area contributed by atoms with E-state index in [1.54, 1.807) is 0 Å². The molecule has 0 saturated heterocycles. The molecule has 4 nitrogen and oxygen atoms in total. The molecule has 0 aromatic heterocycles. The molecule has 2 aliphatic rings. The average molecular weight is 399 g/mol. The van der Waals surface area contributed by atoms with Gasteiger partial charge in [-0.3, -0.25) is 4.79 Å². The van der Waals surface area contributed by atoms with Crippen LogP contribution in [0, 0.1) is 16.7 Å². The molecule has 0 unspecified atom stereocenters. The maximum atomic E-state index is 13.0. The summed E-state index contributed by atoms with van der Waals surface area (Å²) < 4.78 is 17.5. The van der Waals surface area contributed by atoms with Gasteiger partial charge in [0.05, 0.1) is 25.2 Å². The summed E-state index contributed by atoms with van der Waals surface area (Å²) in [6.45, 7) is 11.7. The van der Waals surface area contributed by atoms with E-state index in [2.05, 4.69) is 32.9 Å². The molecule has 158 valence electrons. The fourth-order valence-corrected chi connectivity index (χ4v) is 5.14. The molecule has 0 N–H and O–H groups in total. The van der Waals surface area contributed by atoms with Gasteiger partial charge >= 0.3 is 5.97 Å². The lowest BCUT2D eigenvalue weighted by molar-refractivity contribution is -0.169. The molecule has 0 radical (unpaired) electrons. The Hall–Kier alpha value is -1.91. The molecule has 3 rings (SSSR count). The zero-order valence-corrected chi connectivity index (χ0v) is 18.4. The van der Waals surface area contributed by atoms with E-state index in [9.17, 15) is 4.79 Å². The van der Waals surface area contributed by atoms with Gasteiger partial charge in [-0.2, -0.15) is 0 Å². The number of esters is 1. The predicted molar refractivity (Wildman–Crippen MR) is 114 cm³/mol. The van der Waals surface area contributed by atoms with Crippen LogP contribution < -0.4 is 0 Å². The molecule has 1 aromatic carbocycles. The van der Waals surface area contributed by atoms with E-state index in [4.69, 9.17) is 14.2 Å². The van der Waals surface area contributed by atoms with E-state index >= 15 is 0 Å². The Morgan fingerprint density at radius 2 is 1.86 bits per heavy atom. The van der Waals surface area contributed by atoms with Crippen LogP contribution in [0.1, 0.15) is 53.0 Å². The van der Waals surface area contributed by atoms with E-state index in [0.29, 0.717) is 13.2 Å². The minimum Gasteiger partial charge on any atom is -0.466 e. The van der Waals surface area contributed by atoms with Crippen molar-refractivity contribution in [2.45, 2.75) is 60.2 Å². The molecule has 0 amide bonds. The first-order chi connectivity index (χ1) is 13.8. The third kappa shape index (κ3) is 4.34. The van der Waals surface area contributed by atoms with Crippen molar-refractivity contribution >= 4 is 5.97 Å². The summed E-state index contributed by atoms with van der Waals surface area (Å²) in [5.41, 5.74) is 3.00. The lowest BCUT2D eigenvalue weighted by Crippen LogP contribution is -2.54. The highest BCUT2D eigenvalue weighted by molar-refractivity contribution is 5.78. The molecule has 2 aliphatic carbocycles. The van der Waals surface area contributed by atoms with Crippen molar-refractivity contribution in [2.75, 3.05) is 13.4 Å². The molecule has 29 heavy (non-hydrogen) atoms. The zero-order chi connectivity index (χ0) is 21.1. The second kappa shape index (κ2) is 8.85. The molecule has 0 heterocycles. The van der Waals surface area contributed by atoms with Gasteiger partial charge in [0, 0.05) is 5.41 Å². The number of benzene rings is 1. The van der Waals surface area contributed by atoms with Gasteiger partial charge in [-0.1, -0.05) is 74.4 Å². The Morgan fingerprint density at radius 1 is 1.14 bits per heavy atom. The molecule has 1 fully saturated rings. The summed E-state index contributed by atoms with van der Waals surface area (Å²) in [7, 11) is 0. The number of ether oxygens (including phenoxy) is 3.